The van der Waals surface area contributed by atoms with Gasteiger partial charge < -0.3 is 24.6 Å². The van der Waals surface area contributed by atoms with Crippen LogP contribution >= 0.6 is 0 Å². The Labute approximate surface area is 205 Å². The number of hydrogen-bond acceptors (Lipinski definition) is 8. The lowest BCUT2D eigenvalue weighted by atomic mass is 10.2. The fraction of sp³-hybridized carbons (Fsp3) is 0.240. The third kappa shape index (κ3) is 3.84. The van der Waals surface area contributed by atoms with Gasteiger partial charge in [-0.15, -0.1) is 0 Å². The molecule has 182 valence electrons. The molecule has 0 amide bonds. The van der Waals surface area contributed by atoms with E-state index in [9.17, 15) is 15.0 Å². The number of anilines is 2. The average molecular weight is 485 g/mol. The Balaban J connectivity index is 1.40. The fourth-order valence-corrected chi connectivity index (χ4v) is 4.62. The highest BCUT2D eigenvalue weighted by atomic mass is 16.4. The minimum absolute atomic E-state index is 0.242. The number of piperazine rings is 1. The van der Waals surface area contributed by atoms with E-state index in [-0.39, 0.29) is 12.3 Å². The maximum atomic E-state index is 11.5. The van der Waals surface area contributed by atoms with Gasteiger partial charge in [0.15, 0.2) is 17.0 Å². The number of aromatic nitrogens is 6. The number of phenolic OH excluding ortho intramolecular Hbond substituents is 1. The molecule has 11 heteroatoms. The van der Waals surface area contributed by atoms with Gasteiger partial charge in [0.25, 0.3) is 0 Å². The van der Waals surface area contributed by atoms with Crippen molar-refractivity contribution >= 4 is 39.7 Å². The van der Waals surface area contributed by atoms with Crippen molar-refractivity contribution < 1.29 is 15.0 Å². The van der Waals surface area contributed by atoms with Crippen molar-refractivity contribution in [2.45, 2.75) is 13.5 Å². The van der Waals surface area contributed by atoms with E-state index in [0.29, 0.717) is 36.0 Å². The molecule has 2 N–H and O–H groups in total. The highest BCUT2D eigenvalue weighted by molar-refractivity contribution is 5.86. The Kier molecular flexibility index (Phi) is 5.17. The molecule has 0 unspecified atom stereocenters. The van der Waals surface area contributed by atoms with E-state index in [0.717, 1.165) is 35.2 Å². The zero-order chi connectivity index (χ0) is 24.8. The lowest BCUT2D eigenvalue weighted by Crippen LogP contribution is -2.47. The van der Waals surface area contributed by atoms with E-state index in [1.165, 1.54) is 10.9 Å². The number of hydrogen-bond donors (Lipinski definition) is 2. The molecule has 0 aliphatic carbocycles. The van der Waals surface area contributed by atoms with Crippen LogP contribution in [0.25, 0.3) is 27.9 Å². The first-order valence-electron chi connectivity index (χ1n) is 11.6. The molecule has 4 heterocycles. The van der Waals surface area contributed by atoms with Crippen LogP contribution < -0.4 is 9.80 Å². The Bertz CT molecular complexity index is 1580. The number of aliphatic carboxylic acids is 1. The number of benzene rings is 2. The first-order valence-corrected chi connectivity index (χ1v) is 11.6. The van der Waals surface area contributed by atoms with Gasteiger partial charge in [0.05, 0.1) is 18.0 Å². The molecular formula is C25H24N8O3. The quantitative estimate of drug-likeness (QED) is 0.387. The van der Waals surface area contributed by atoms with Gasteiger partial charge in [0.2, 0.25) is 5.95 Å². The van der Waals surface area contributed by atoms with Crippen molar-refractivity contribution in [3.8, 4) is 11.6 Å². The van der Waals surface area contributed by atoms with Crippen molar-refractivity contribution in [1.29, 1.82) is 0 Å². The number of rotatable bonds is 5. The summed E-state index contributed by atoms with van der Waals surface area (Å²) in [5.74, 6) is 0.286. The molecule has 0 saturated carbocycles. The highest BCUT2D eigenvalue weighted by Crippen LogP contribution is 2.27. The summed E-state index contributed by atoms with van der Waals surface area (Å²) in [6, 6.07) is 13.3. The van der Waals surface area contributed by atoms with Gasteiger partial charge in [-0.3, -0.25) is 4.79 Å². The van der Waals surface area contributed by atoms with Crippen LogP contribution in [0.1, 0.15) is 5.56 Å². The van der Waals surface area contributed by atoms with Crippen LogP contribution in [0.3, 0.4) is 0 Å². The number of phenols is 1. The van der Waals surface area contributed by atoms with Crippen molar-refractivity contribution in [2.24, 2.45) is 0 Å². The molecule has 1 aliphatic rings. The second-order valence-electron chi connectivity index (χ2n) is 8.89. The third-order valence-electron chi connectivity index (χ3n) is 6.44. The summed E-state index contributed by atoms with van der Waals surface area (Å²) in [6.45, 7) is 4.64. The van der Waals surface area contributed by atoms with Crippen LogP contribution in [-0.2, 0) is 11.3 Å². The van der Waals surface area contributed by atoms with Gasteiger partial charge in [-0.1, -0.05) is 11.6 Å². The number of fused-ring (bicyclic) bond motifs is 2. The molecule has 1 fully saturated rings. The van der Waals surface area contributed by atoms with Gasteiger partial charge in [-0.25, -0.2) is 9.67 Å². The molecule has 5 aromatic rings. The van der Waals surface area contributed by atoms with Gasteiger partial charge in [0, 0.05) is 37.3 Å². The number of carboxylic acids is 1. The average Bonchev–Trinajstić information content (AvgIpc) is 3.47. The zero-order valence-corrected chi connectivity index (χ0v) is 19.6. The van der Waals surface area contributed by atoms with Gasteiger partial charge in [-0.2, -0.15) is 15.1 Å². The number of imidazole rings is 1. The minimum atomic E-state index is -0.974. The summed E-state index contributed by atoms with van der Waals surface area (Å²) >= 11 is 0. The van der Waals surface area contributed by atoms with Crippen LogP contribution in [0.4, 0.5) is 11.6 Å². The summed E-state index contributed by atoms with van der Waals surface area (Å²) in [7, 11) is 0. The first kappa shape index (κ1) is 21.8. The second kappa shape index (κ2) is 8.52. The number of nitrogens with zero attached hydrogens (tertiary/aromatic N) is 8. The number of aromatic hydroxyl groups is 1. The van der Waals surface area contributed by atoms with E-state index < -0.39 is 5.97 Å². The zero-order valence-electron chi connectivity index (χ0n) is 19.6. The normalized spacial score (nSPS) is 14.1. The van der Waals surface area contributed by atoms with Crippen molar-refractivity contribution in [2.75, 3.05) is 36.0 Å². The Morgan fingerprint density at radius 2 is 1.75 bits per heavy atom. The van der Waals surface area contributed by atoms with Crippen LogP contribution in [0.2, 0.25) is 0 Å². The molecule has 36 heavy (non-hydrogen) atoms. The SMILES string of the molecule is Cc1ccc2c(cnn2-c2nc(N3CCN(c4ccc(O)cc4)CC3)nc3c2ncn3CC(=O)O)c1. The van der Waals surface area contributed by atoms with Gasteiger partial charge in [-0.05, 0) is 43.3 Å². The Hall–Kier alpha value is -4.67. The smallest absolute Gasteiger partial charge is 0.323 e. The predicted octanol–water partition coefficient (Wildman–Crippen LogP) is 2.59. The van der Waals surface area contributed by atoms with Gasteiger partial charge >= 0.3 is 5.97 Å². The van der Waals surface area contributed by atoms with E-state index in [1.54, 1.807) is 23.0 Å². The maximum absolute atomic E-state index is 11.5. The van der Waals surface area contributed by atoms with Crippen LogP contribution in [0.5, 0.6) is 5.75 Å². The predicted molar refractivity (Wildman–Crippen MR) is 135 cm³/mol. The van der Waals surface area contributed by atoms with E-state index in [1.807, 2.05) is 31.2 Å². The summed E-state index contributed by atoms with van der Waals surface area (Å²) in [5.41, 5.74) is 4.01. The molecule has 2 aromatic carbocycles. The second-order valence-corrected chi connectivity index (χ2v) is 8.89. The standard InChI is InChI=1S/C25H24N8O3/c1-16-2-7-20-17(12-16)13-27-33(20)24-22-23(32(15-26-22)14-21(35)36)28-25(29-24)31-10-8-30(9-11-31)18-3-5-19(34)6-4-18/h2-7,12-13,15,34H,8-11,14H2,1H3,(H,35,36). The molecule has 6 rings (SSSR count). The number of carboxylic acid groups (broad SMARTS) is 1. The van der Waals surface area contributed by atoms with Gasteiger partial charge in [0.1, 0.15) is 12.3 Å². The molecule has 0 radical (unpaired) electrons. The molecule has 1 saturated heterocycles. The maximum Gasteiger partial charge on any atom is 0.323 e. The Morgan fingerprint density at radius 1 is 1.00 bits per heavy atom. The molecule has 11 nitrogen and oxygen atoms in total. The molecule has 1 aliphatic heterocycles. The van der Waals surface area contributed by atoms with E-state index >= 15 is 0 Å². The summed E-state index contributed by atoms with van der Waals surface area (Å²) in [6.07, 6.45) is 3.28. The topological polar surface area (TPSA) is 125 Å². The summed E-state index contributed by atoms with van der Waals surface area (Å²) < 4.78 is 3.27. The minimum Gasteiger partial charge on any atom is -0.508 e. The molecule has 0 bridgehead atoms. The van der Waals surface area contributed by atoms with E-state index in [4.69, 9.17) is 9.97 Å². The van der Waals surface area contributed by atoms with Crippen molar-refractivity contribution in [3.63, 3.8) is 0 Å². The molecule has 3 aromatic heterocycles. The lowest BCUT2D eigenvalue weighted by molar-refractivity contribution is -0.137. The Morgan fingerprint density at radius 3 is 2.50 bits per heavy atom. The van der Waals surface area contributed by atoms with E-state index in [2.05, 4.69) is 25.9 Å². The van der Waals surface area contributed by atoms with Crippen molar-refractivity contribution in [3.05, 3.63) is 60.6 Å². The molecule has 0 atom stereocenters. The third-order valence-corrected chi connectivity index (χ3v) is 6.44. The van der Waals surface area contributed by atoms with Crippen LogP contribution in [0.15, 0.2) is 55.0 Å². The monoisotopic (exact) mass is 484 g/mol. The largest absolute Gasteiger partial charge is 0.508 e. The summed E-state index contributed by atoms with van der Waals surface area (Å²) in [5, 5.41) is 24.5. The summed E-state index contributed by atoms with van der Waals surface area (Å²) in [4.78, 5) is 29.9. The van der Waals surface area contributed by atoms with Crippen molar-refractivity contribution in [1.82, 2.24) is 29.3 Å². The van der Waals surface area contributed by atoms with Crippen LogP contribution in [-0.4, -0.2) is 71.7 Å². The lowest BCUT2D eigenvalue weighted by Gasteiger charge is -2.36. The molecular weight excluding hydrogens is 460 g/mol. The highest BCUT2D eigenvalue weighted by Gasteiger charge is 2.24. The number of carbonyl (C=O) groups is 1. The first-order chi connectivity index (χ1) is 17.5. The fourth-order valence-electron chi connectivity index (χ4n) is 4.62. The molecule has 0 spiro atoms. The van der Waals surface area contributed by atoms with Crippen LogP contribution in [0, 0.1) is 6.92 Å². The number of aryl methyl sites for hydroxylation is 1.